The van der Waals surface area contributed by atoms with Gasteiger partial charge in [0.05, 0.1) is 11.4 Å². The Hall–Kier alpha value is -2.37. The first-order valence-electron chi connectivity index (χ1n) is 5.39. The van der Waals surface area contributed by atoms with E-state index in [1.807, 2.05) is 6.92 Å². The van der Waals surface area contributed by atoms with Crippen molar-refractivity contribution < 1.29 is 9.18 Å². The van der Waals surface area contributed by atoms with Gasteiger partial charge in [0.25, 0.3) is 0 Å². The number of benzene rings is 1. The second kappa shape index (κ2) is 4.87. The van der Waals surface area contributed by atoms with E-state index in [1.165, 1.54) is 18.2 Å². The number of hydrogen-bond acceptors (Lipinski definition) is 3. The van der Waals surface area contributed by atoms with Crippen molar-refractivity contribution in [3.05, 3.63) is 42.0 Å². The number of rotatable bonds is 3. The number of nitrogens with one attached hydrogen (secondary N) is 1. The number of carbonyl (C=O) groups excluding carboxylic acids is 1. The van der Waals surface area contributed by atoms with Crippen LogP contribution in [0.5, 0.6) is 0 Å². The fraction of sp³-hybridized carbons (Fsp3) is 0.167. The molecule has 0 fully saturated rings. The van der Waals surface area contributed by atoms with Crippen molar-refractivity contribution in [3.8, 4) is 0 Å². The van der Waals surface area contributed by atoms with Crippen LogP contribution in [0.4, 0.5) is 15.8 Å². The number of anilines is 2. The van der Waals surface area contributed by atoms with Gasteiger partial charge in [-0.3, -0.25) is 9.48 Å². The first-order valence-corrected chi connectivity index (χ1v) is 5.39. The second-order valence-corrected chi connectivity index (χ2v) is 3.91. The van der Waals surface area contributed by atoms with Gasteiger partial charge in [0.2, 0.25) is 5.91 Å². The number of aromatic nitrogens is 2. The monoisotopic (exact) mass is 248 g/mol. The largest absolute Gasteiger partial charge is 0.397 e. The van der Waals surface area contributed by atoms with E-state index in [0.29, 0.717) is 5.69 Å². The lowest BCUT2D eigenvalue weighted by atomic mass is 10.2. The highest BCUT2D eigenvalue weighted by molar-refractivity contribution is 5.93. The lowest BCUT2D eigenvalue weighted by molar-refractivity contribution is -0.116. The van der Waals surface area contributed by atoms with Crippen molar-refractivity contribution in [3.63, 3.8) is 0 Å². The summed E-state index contributed by atoms with van der Waals surface area (Å²) in [4.78, 5) is 11.7. The summed E-state index contributed by atoms with van der Waals surface area (Å²) >= 11 is 0. The third-order valence-corrected chi connectivity index (χ3v) is 2.51. The van der Waals surface area contributed by atoms with Gasteiger partial charge in [-0.1, -0.05) is 0 Å². The first kappa shape index (κ1) is 12.1. The summed E-state index contributed by atoms with van der Waals surface area (Å²) in [5, 5.41) is 6.54. The van der Waals surface area contributed by atoms with Crippen molar-refractivity contribution >= 4 is 17.3 Å². The summed E-state index contributed by atoms with van der Waals surface area (Å²) in [6.07, 6.45) is 1.61. The van der Waals surface area contributed by atoms with Gasteiger partial charge in [-0.2, -0.15) is 5.10 Å². The molecule has 6 heteroatoms. The minimum absolute atomic E-state index is 0.0643. The molecule has 1 aromatic heterocycles. The van der Waals surface area contributed by atoms with Gasteiger partial charge < -0.3 is 11.1 Å². The zero-order valence-electron chi connectivity index (χ0n) is 9.85. The quantitative estimate of drug-likeness (QED) is 0.809. The van der Waals surface area contributed by atoms with E-state index in [1.54, 1.807) is 16.9 Å². The van der Waals surface area contributed by atoms with Crippen LogP contribution in [-0.4, -0.2) is 15.7 Å². The van der Waals surface area contributed by atoms with Crippen LogP contribution in [0, 0.1) is 12.7 Å². The van der Waals surface area contributed by atoms with Crippen LogP contribution < -0.4 is 11.1 Å². The van der Waals surface area contributed by atoms with E-state index in [9.17, 15) is 9.18 Å². The molecule has 0 atom stereocenters. The molecule has 2 aromatic rings. The molecule has 0 aliphatic carbocycles. The number of hydrogen-bond donors (Lipinski definition) is 2. The van der Waals surface area contributed by atoms with Crippen LogP contribution in [0.15, 0.2) is 30.5 Å². The second-order valence-electron chi connectivity index (χ2n) is 3.91. The summed E-state index contributed by atoms with van der Waals surface area (Å²) in [5.41, 5.74) is 7.10. The smallest absolute Gasteiger partial charge is 0.246 e. The Morgan fingerprint density at radius 1 is 1.50 bits per heavy atom. The van der Waals surface area contributed by atoms with E-state index >= 15 is 0 Å². The van der Waals surface area contributed by atoms with Crippen LogP contribution in [0.25, 0.3) is 0 Å². The van der Waals surface area contributed by atoms with Gasteiger partial charge in [0, 0.05) is 11.9 Å². The molecule has 2 rings (SSSR count). The molecule has 1 amide bonds. The average Bonchev–Trinajstić information content (AvgIpc) is 2.70. The van der Waals surface area contributed by atoms with Gasteiger partial charge in [0.15, 0.2) is 0 Å². The number of halogens is 1. The molecule has 3 N–H and O–H groups in total. The van der Waals surface area contributed by atoms with Gasteiger partial charge in [0.1, 0.15) is 12.4 Å². The number of nitrogen functional groups attached to an aromatic ring is 1. The number of amides is 1. The Balaban J connectivity index is 2.08. The van der Waals surface area contributed by atoms with Gasteiger partial charge >= 0.3 is 0 Å². The molecular formula is C12H13FN4O. The normalized spacial score (nSPS) is 10.3. The van der Waals surface area contributed by atoms with E-state index in [-0.39, 0.29) is 18.1 Å². The van der Waals surface area contributed by atoms with E-state index < -0.39 is 5.82 Å². The minimum atomic E-state index is -0.449. The van der Waals surface area contributed by atoms with Gasteiger partial charge in [-0.15, -0.1) is 0 Å². The van der Waals surface area contributed by atoms with Crippen molar-refractivity contribution in [2.24, 2.45) is 0 Å². The fourth-order valence-corrected chi connectivity index (χ4v) is 1.53. The third kappa shape index (κ3) is 2.65. The molecule has 0 saturated heterocycles. The van der Waals surface area contributed by atoms with Crippen molar-refractivity contribution in [2.45, 2.75) is 13.5 Å². The topological polar surface area (TPSA) is 72.9 Å². The molecule has 18 heavy (non-hydrogen) atoms. The average molecular weight is 248 g/mol. The van der Waals surface area contributed by atoms with Crippen LogP contribution in [0.3, 0.4) is 0 Å². The summed E-state index contributed by atoms with van der Waals surface area (Å²) in [7, 11) is 0. The molecule has 1 heterocycles. The van der Waals surface area contributed by atoms with E-state index in [4.69, 9.17) is 5.73 Å². The van der Waals surface area contributed by atoms with Gasteiger partial charge in [-0.25, -0.2) is 4.39 Å². The minimum Gasteiger partial charge on any atom is -0.397 e. The Morgan fingerprint density at radius 2 is 2.28 bits per heavy atom. The third-order valence-electron chi connectivity index (χ3n) is 2.51. The summed E-state index contributed by atoms with van der Waals surface area (Å²) in [5.74, 6) is -0.756. The molecule has 0 unspecified atom stereocenters. The number of nitrogens with zero attached hydrogens (tertiary/aromatic N) is 2. The Bertz CT molecular complexity index is 579. The standard InChI is InChI=1S/C12H13FN4O/c1-8-4-5-15-17(8)7-12(18)16-11-6-9(13)2-3-10(11)14/h2-6H,7,14H2,1H3,(H,16,18). The fourth-order valence-electron chi connectivity index (χ4n) is 1.53. The SMILES string of the molecule is Cc1ccnn1CC(=O)Nc1cc(F)ccc1N. The summed E-state index contributed by atoms with van der Waals surface area (Å²) < 4.78 is 14.6. The number of aryl methyl sites for hydroxylation is 1. The van der Waals surface area contributed by atoms with Crippen molar-refractivity contribution in [1.82, 2.24) is 9.78 Å². The number of carbonyl (C=O) groups is 1. The Kier molecular flexibility index (Phi) is 3.27. The zero-order chi connectivity index (χ0) is 13.1. The molecule has 94 valence electrons. The van der Waals surface area contributed by atoms with Crippen LogP contribution in [0.2, 0.25) is 0 Å². The van der Waals surface area contributed by atoms with E-state index in [0.717, 1.165) is 5.69 Å². The maximum Gasteiger partial charge on any atom is 0.246 e. The number of nitrogens with two attached hydrogens (primary N) is 1. The van der Waals surface area contributed by atoms with Crippen molar-refractivity contribution in [2.75, 3.05) is 11.1 Å². The maximum absolute atomic E-state index is 13.0. The van der Waals surface area contributed by atoms with E-state index in [2.05, 4.69) is 10.4 Å². The Labute approximate surface area is 103 Å². The molecule has 0 saturated carbocycles. The van der Waals surface area contributed by atoms with Gasteiger partial charge in [-0.05, 0) is 31.2 Å². The molecule has 0 aliphatic rings. The lowest BCUT2D eigenvalue weighted by Gasteiger charge is -2.09. The summed E-state index contributed by atoms with van der Waals surface area (Å²) in [6.45, 7) is 1.91. The highest BCUT2D eigenvalue weighted by Crippen LogP contribution is 2.19. The predicted octanol–water partition coefficient (Wildman–Crippen LogP) is 1.55. The highest BCUT2D eigenvalue weighted by atomic mass is 19.1. The maximum atomic E-state index is 13.0. The molecule has 0 radical (unpaired) electrons. The molecule has 0 spiro atoms. The first-order chi connectivity index (χ1) is 8.56. The lowest BCUT2D eigenvalue weighted by Crippen LogP contribution is -2.20. The Morgan fingerprint density at radius 3 is 2.94 bits per heavy atom. The van der Waals surface area contributed by atoms with Crippen molar-refractivity contribution in [1.29, 1.82) is 0 Å². The van der Waals surface area contributed by atoms with Crippen LogP contribution >= 0.6 is 0 Å². The molecule has 0 aliphatic heterocycles. The van der Waals surface area contributed by atoms with Crippen LogP contribution in [-0.2, 0) is 11.3 Å². The molecule has 0 bridgehead atoms. The van der Waals surface area contributed by atoms with Crippen LogP contribution in [0.1, 0.15) is 5.69 Å². The predicted molar refractivity (Wildman–Crippen MR) is 66.4 cm³/mol. The molecule has 1 aromatic carbocycles. The highest BCUT2D eigenvalue weighted by Gasteiger charge is 2.08. The zero-order valence-corrected chi connectivity index (χ0v) is 9.85. The molecule has 5 nitrogen and oxygen atoms in total. The molecular weight excluding hydrogens is 235 g/mol. The summed E-state index contributed by atoms with van der Waals surface area (Å²) in [6, 6.07) is 5.62.